The van der Waals surface area contributed by atoms with Gasteiger partial charge in [0.05, 0.1) is 23.7 Å². The summed E-state index contributed by atoms with van der Waals surface area (Å²) < 4.78 is 41.6. The zero-order valence-corrected chi connectivity index (χ0v) is 17.4. The van der Waals surface area contributed by atoms with Gasteiger partial charge in [0.2, 0.25) is 5.88 Å². The summed E-state index contributed by atoms with van der Waals surface area (Å²) >= 11 is 0. The molecule has 1 aliphatic rings. The van der Waals surface area contributed by atoms with Crippen molar-refractivity contribution >= 4 is 11.7 Å². The van der Waals surface area contributed by atoms with Crippen LogP contribution in [0.1, 0.15) is 58.9 Å². The van der Waals surface area contributed by atoms with Gasteiger partial charge in [-0.2, -0.15) is 13.2 Å². The van der Waals surface area contributed by atoms with Gasteiger partial charge < -0.3 is 10.1 Å². The number of Topliss-reactive ketones (excluding diaryl/α,β-unsaturated/α-hetero) is 1. The average Bonchev–Trinajstić information content (AvgIpc) is 3.51. The number of aryl methyl sites for hydroxylation is 2. The molecule has 1 aliphatic carbocycles. The van der Waals surface area contributed by atoms with Gasteiger partial charge in [-0.25, -0.2) is 15.0 Å². The Hall–Kier alpha value is -3.04. The third-order valence-corrected chi connectivity index (χ3v) is 4.74. The van der Waals surface area contributed by atoms with Crippen molar-refractivity contribution in [2.24, 2.45) is 5.92 Å². The number of pyridine rings is 1. The normalized spacial score (nSPS) is 14.8. The predicted molar refractivity (Wildman–Crippen MR) is 105 cm³/mol. The van der Waals surface area contributed by atoms with E-state index < -0.39 is 24.7 Å². The van der Waals surface area contributed by atoms with Gasteiger partial charge in [0.25, 0.3) is 5.91 Å². The Morgan fingerprint density at radius 3 is 2.55 bits per heavy atom. The largest absolute Gasteiger partial charge is 0.468 e. The van der Waals surface area contributed by atoms with E-state index in [1.807, 2.05) is 0 Å². The average molecular weight is 436 g/mol. The molecule has 0 bridgehead atoms. The van der Waals surface area contributed by atoms with Crippen LogP contribution in [0, 0.1) is 19.8 Å². The summed E-state index contributed by atoms with van der Waals surface area (Å²) in [5.41, 5.74) is 1.74. The van der Waals surface area contributed by atoms with Gasteiger partial charge in [-0.1, -0.05) is 0 Å². The van der Waals surface area contributed by atoms with Crippen molar-refractivity contribution < 1.29 is 27.5 Å². The Kier molecular flexibility index (Phi) is 6.56. The van der Waals surface area contributed by atoms with E-state index in [1.54, 1.807) is 19.9 Å². The molecule has 2 aromatic heterocycles. The number of rotatable bonds is 8. The minimum Gasteiger partial charge on any atom is -0.468 e. The van der Waals surface area contributed by atoms with Gasteiger partial charge in [0.1, 0.15) is 11.6 Å². The minimum atomic E-state index is -4.47. The maximum atomic E-state index is 12.6. The first-order chi connectivity index (χ1) is 14.5. The Bertz CT molecular complexity index is 990. The fraction of sp³-hybridized carbons (Fsp3) is 0.476. The van der Waals surface area contributed by atoms with E-state index in [2.05, 4.69) is 25.0 Å². The molecule has 1 unspecified atom stereocenters. The van der Waals surface area contributed by atoms with Gasteiger partial charge in [0.15, 0.2) is 6.61 Å². The number of alkyl halides is 3. The number of ketones is 1. The van der Waals surface area contributed by atoms with E-state index in [4.69, 9.17) is 0 Å². The van der Waals surface area contributed by atoms with Crippen molar-refractivity contribution in [3.63, 3.8) is 0 Å². The quantitative estimate of drug-likeness (QED) is 0.681. The SMILES string of the molecule is Cc1cc(C(C)NC(=O)c2cnc(OCC(F)(F)F)c(C)c2)nc(CC(=O)C2CC2)n1. The Morgan fingerprint density at radius 1 is 1.23 bits per heavy atom. The minimum absolute atomic E-state index is 0.114. The number of hydrogen-bond donors (Lipinski definition) is 1. The monoisotopic (exact) mass is 436 g/mol. The van der Waals surface area contributed by atoms with Gasteiger partial charge in [-0.05, 0) is 45.7 Å². The summed E-state index contributed by atoms with van der Waals surface area (Å²) in [6, 6.07) is 2.66. The summed E-state index contributed by atoms with van der Waals surface area (Å²) in [5, 5.41) is 2.78. The maximum Gasteiger partial charge on any atom is 0.422 e. The molecule has 0 aromatic carbocycles. The smallest absolute Gasteiger partial charge is 0.422 e. The molecule has 1 N–H and O–H groups in total. The molecule has 2 heterocycles. The molecule has 0 radical (unpaired) electrons. The molecular weight excluding hydrogens is 413 g/mol. The number of amides is 1. The highest BCUT2D eigenvalue weighted by molar-refractivity contribution is 5.94. The van der Waals surface area contributed by atoms with Crippen LogP contribution in [0.2, 0.25) is 0 Å². The molecule has 166 valence electrons. The van der Waals surface area contributed by atoms with Crippen molar-refractivity contribution in [1.29, 1.82) is 0 Å². The molecule has 31 heavy (non-hydrogen) atoms. The summed E-state index contributed by atoms with van der Waals surface area (Å²) in [5.74, 6) is 0.0264. The second-order valence-electron chi connectivity index (χ2n) is 7.71. The van der Waals surface area contributed by atoms with Gasteiger partial charge >= 0.3 is 6.18 Å². The predicted octanol–water partition coefficient (Wildman–Crippen LogP) is 3.44. The lowest BCUT2D eigenvalue weighted by atomic mass is 10.1. The first-order valence-corrected chi connectivity index (χ1v) is 9.86. The Labute approximate surface area is 177 Å². The number of ether oxygens (including phenoxy) is 1. The van der Waals surface area contributed by atoms with Crippen molar-refractivity contribution in [2.75, 3.05) is 6.61 Å². The highest BCUT2D eigenvalue weighted by Gasteiger charge is 2.30. The molecule has 1 fully saturated rings. The molecule has 3 rings (SSSR count). The van der Waals surface area contributed by atoms with Crippen LogP contribution in [0.15, 0.2) is 18.3 Å². The fourth-order valence-electron chi connectivity index (χ4n) is 3.00. The van der Waals surface area contributed by atoms with Crippen LogP contribution in [-0.2, 0) is 11.2 Å². The van der Waals surface area contributed by atoms with Crippen molar-refractivity contribution in [3.8, 4) is 5.88 Å². The lowest BCUT2D eigenvalue weighted by Gasteiger charge is -2.16. The van der Waals surface area contributed by atoms with E-state index in [0.29, 0.717) is 22.8 Å². The van der Waals surface area contributed by atoms with E-state index in [-0.39, 0.29) is 29.6 Å². The van der Waals surface area contributed by atoms with E-state index in [0.717, 1.165) is 19.0 Å². The van der Waals surface area contributed by atoms with E-state index in [9.17, 15) is 22.8 Å². The number of nitrogens with zero attached hydrogens (tertiary/aromatic N) is 3. The second kappa shape index (κ2) is 8.99. The fourth-order valence-corrected chi connectivity index (χ4v) is 3.00. The molecule has 1 atom stereocenters. The summed E-state index contributed by atoms with van der Waals surface area (Å²) in [4.78, 5) is 37.2. The van der Waals surface area contributed by atoms with Crippen LogP contribution >= 0.6 is 0 Å². The molecule has 10 heteroatoms. The standard InChI is InChI=1S/C21H23F3N4O3/c1-11-6-15(9-25-20(11)31-10-21(22,23)24)19(30)27-13(3)16-7-12(2)26-18(28-16)8-17(29)14-4-5-14/h6-7,9,13-14H,4-5,8,10H2,1-3H3,(H,27,30). The first kappa shape index (κ1) is 22.6. The highest BCUT2D eigenvalue weighted by Crippen LogP contribution is 2.30. The third-order valence-electron chi connectivity index (χ3n) is 4.74. The Morgan fingerprint density at radius 2 is 1.94 bits per heavy atom. The number of halogens is 3. The van der Waals surface area contributed by atoms with Crippen LogP contribution in [0.3, 0.4) is 0 Å². The number of carbonyl (C=O) groups excluding carboxylic acids is 2. The molecular formula is C21H23F3N4O3. The summed E-state index contributed by atoms with van der Waals surface area (Å²) in [7, 11) is 0. The zero-order chi connectivity index (χ0) is 22.8. The summed E-state index contributed by atoms with van der Waals surface area (Å²) in [6.07, 6.45) is -1.32. The third kappa shape index (κ3) is 6.47. The van der Waals surface area contributed by atoms with Crippen LogP contribution in [0.4, 0.5) is 13.2 Å². The molecule has 2 aromatic rings. The van der Waals surface area contributed by atoms with Crippen LogP contribution in [0.5, 0.6) is 5.88 Å². The van der Waals surface area contributed by atoms with Crippen molar-refractivity contribution in [2.45, 2.75) is 52.3 Å². The van der Waals surface area contributed by atoms with Crippen LogP contribution in [0.25, 0.3) is 0 Å². The van der Waals surface area contributed by atoms with Gasteiger partial charge in [-0.15, -0.1) is 0 Å². The lowest BCUT2D eigenvalue weighted by Crippen LogP contribution is -2.28. The van der Waals surface area contributed by atoms with E-state index in [1.165, 1.54) is 13.0 Å². The number of hydrogen-bond acceptors (Lipinski definition) is 6. The number of carbonyl (C=O) groups is 2. The number of nitrogens with one attached hydrogen (secondary N) is 1. The molecule has 0 aliphatic heterocycles. The maximum absolute atomic E-state index is 12.6. The van der Waals surface area contributed by atoms with Crippen LogP contribution < -0.4 is 10.1 Å². The zero-order valence-electron chi connectivity index (χ0n) is 17.4. The van der Waals surface area contributed by atoms with Crippen LogP contribution in [-0.4, -0.2) is 39.4 Å². The van der Waals surface area contributed by atoms with Crippen molar-refractivity contribution in [1.82, 2.24) is 20.3 Å². The van der Waals surface area contributed by atoms with E-state index >= 15 is 0 Å². The van der Waals surface area contributed by atoms with Gasteiger partial charge in [0, 0.05) is 23.4 Å². The second-order valence-corrected chi connectivity index (χ2v) is 7.71. The highest BCUT2D eigenvalue weighted by atomic mass is 19.4. The molecule has 1 saturated carbocycles. The molecule has 0 saturated heterocycles. The first-order valence-electron chi connectivity index (χ1n) is 9.86. The molecule has 0 spiro atoms. The molecule has 1 amide bonds. The summed E-state index contributed by atoms with van der Waals surface area (Å²) in [6.45, 7) is 3.59. The topological polar surface area (TPSA) is 94.1 Å². The van der Waals surface area contributed by atoms with Gasteiger partial charge in [-0.3, -0.25) is 9.59 Å². The number of aromatic nitrogens is 3. The molecule has 7 nitrogen and oxygen atoms in total. The lowest BCUT2D eigenvalue weighted by molar-refractivity contribution is -0.154. The Balaban J connectivity index is 1.66. The van der Waals surface area contributed by atoms with Crippen molar-refractivity contribution in [3.05, 3.63) is 46.7 Å².